The Bertz CT molecular complexity index is 2660. The fourth-order valence-electron chi connectivity index (χ4n) is 6.34. The molecule has 0 unspecified atom stereocenters. The Morgan fingerprint density at radius 1 is 0.519 bits per heavy atom. The molecule has 1 heterocycles. The number of methoxy groups -OCH3 is 1. The van der Waals surface area contributed by atoms with Gasteiger partial charge in [-0.1, -0.05) is 71.9 Å². The van der Waals surface area contributed by atoms with Crippen molar-refractivity contribution in [3.63, 3.8) is 0 Å². The van der Waals surface area contributed by atoms with E-state index in [1.807, 2.05) is 86.9 Å². The van der Waals surface area contributed by atoms with Gasteiger partial charge >= 0.3 is 0 Å². The van der Waals surface area contributed by atoms with Crippen molar-refractivity contribution in [2.75, 3.05) is 32.9 Å². The molecular formula is C48H33NO3. The molecule has 0 amide bonds. The van der Waals surface area contributed by atoms with Crippen LogP contribution in [0.1, 0.15) is 33.4 Å². The zero-order chi connectivity index (χ0) is 35.4. The van der Waals surface area contributed by atoms with Crippen molar-refractivity contribution < 1.29 is 14.2 Å². The van der Waals surface area contributed by atoms with Crippen LogP contribution >= 0.6 is 0 Å². The normalized spacial score (nSPS) is 11.1. The second-order valence-corrected chi connectivity index (χ2v) is 12.6. The lowest BCUT2D eigenvalue weighted by molar-refractivity contribution is 0.124. The van der Waals surface area contributed by atoms with Crippen molar-refractivity contribution in [1.82, 2.24) is 0 Å². The summed E-state index contributed by atoms with van der Waals surface area (Å²) in [7, 11) is 5.72. The minimum atomic E-state index is 0.0648. The summed E-state index contributed by atoms with van der Waals surface area (Å²) < 4.78 is 18.0. The minimum Gasteiger partial charge on any atom is -0.497 e. The Balaban J connectivity index is 1.30. The first-order valence-corrected chi connectivity index (χ1v) is 17.0. The smallest absolute Gasteiger partial charge is 0.231 e. The van der Waals surface area contributed by atoms with Crippen LogP contribution in [0.2, 0.25) is 0 Å². The van der Waals surface area contributed by atoms with Crippen molar-refractivity contribution in [1.29, 1.82) is 0 Å². The van der Waals surface area contributed by atoms with E-state index in [-0.39, 0.29) is 6.79 Å². The predicted octanol–water partition coefficient (Wildman–Crippen LogP) is 9.66. The summed E-state index contributed by atoms with van der Waals surface area (Å²) in [5, 5.41) is 4.13. The molecular weight excluding hydrogens is 639 g/mol. The maximum Gasteiger partial charge on any atom is 0.231 e. The van der Waals surface area contributed by atoms with E-state index in [0.29, 0.717) is 5.75 Å². The molecule has 1 aliphatic heterocycles. The van der Waals surface area contributed by atoms with Crippen LogP contribution in [0.15, 0.2) is 133 Å². The molecule has 0 aliphatic carbocycles. The molecule has 4 heteroatoms. The fourth-order valence-corrected chi connectivity index (χ4v) is 6.34. The SMILES string of the molecule is COc1ccc(C#Cc2ccc3c4c(c(C#Cc5ccc(N(C)C)cc5)cc3c2)OCOc2ccc3cc(C#Cc5ccccc5)ccc3c2-4)cc1. The van der Waals surface area contributed by atoms with Gasteiger partial charge in [0.25, 0.3) is 0 Å². The van der Waals surface area contributed by atoms with E-state index in [1.165, 1.54) is 0 Å². The maximum atomic E-state index is 6.43. The quantitative estimate of drug-likeness (QED) is 0.171. The van der Waals surface area contributed by atoms with Gasteiger partial charge in [0.2, 0.25) is 6.79 Å². The summed E-state index contributed by atoms with van der Waals surface area (Å²) in [6, 6.07) is 44.9. The van der Waals surface area contributed by atoms with Crippen LogP contribution < -0.4 is 19.1 Å². The van der Waals surface area contributed by atoms with Gasteiger partial charge in [0.1, 0.15) is 17.2 Å². The molecule has 0 saturated carbocycles. The van der Waals surface area contributed by atoms with Gasteiger partial charge < -0.3 is 19.1 Å². The first kappa shape index (κ1) is 32.2. The van der Waals surface area contributed by atoms with Crippen LogP contribution in [-0.2, 0) is 0 Å². The first-order valence-electron chi connectivity index (χ1n) is 17.0. The number of nitrogens with zero attached hydrogens (tertiary/aromatic N) is 1. The van der Waals surface area contributed by atoms with E-state index in [9.17, 15) is 0 Å². The monoisotopic (exact) mass is 671 g/mol. The number of fused-ring (bicyclic) bond motifs is 7. The third-order valence-electron chi connectivity index (χ3n) is 9.03. The Labute approximate surface area is 304 Å². The number of ether oxygens (including phenoxy) is 3. The number of benzene rings is 7. The summed E-state index contributed by atoms with van der Waals surface area (Å²) in [5.74, 6) is 22.4. The molecule has 0 saturated heterocycles. The number of anilines is 1. The van der Waals surface area contributed by atoms with Gasteiger partial charge in [-0.3, -0.25) is 0 Å². The van der Waals surface area contributed by atoms with Gasteiger partial charge in [-0.15, -0.1) is 0 Å². The van der Waals surface area contributed by atoms with Crippen LogP contribution in [0.25, 0.3) is 32.7 Å². The molecule has 7 aromatic rings. The van der Waals surface area contributed by atoms with Crippen molar-refractivity contribution in [3.05, 3.63) is 167 Å². The molecule has 0 bridgehead atoms. The molecule has 248 valence electrons. The molecule has 0 aromatic heterocycles. The Morgan fingerprint density at radius 3 is 1.77 bits per heavy atom. The average Bonchev–Trinajstić information content (AvgIpc) is 3.39. The van der Waals surface area contributed by atoms with Crippen LogP contribution in [0, 0.1) is 35.5 Å². The van der Waals surface area contributed by atoms with Gasteiger partial charge in [0.05, 0.1) is 12.7 Å². The van der Waals surface area contributed by atoms with E-state index >= 15 is 0 Å². The van der Waals surface area contributed by atoms with Gasteiger partial charge in [0, 0.05) is 58.7 Å². The number of hydrogen-bond acceptors (Lipinski definition) is 4. The Hall–Kier alpha value is -7.06. The zero-order valence-corrected chi connectivity index (χ0v) is 29.1. The van der Waals surface area contributed by atoms with E-state index < -0.39 is 0 Å². The standard InChI is InChI=1S/C48H33NO3/c1-49(2)41-22-14-35(15-23-41)13-20-39-31-40-30-37(12-10-34-16-24-42(50-3)25-17-34)19-27-44(40)47-46-43-26-18-36(11-9-33-7-5-4-6-8-33)29-38(43)21-28-45(46)51-32-52-48(39)47/h4-8,14-19,21-31H,32H2,1-3H3. The number of hydrogen-bond donors (Lipinski definition) is 0. The van der Waals surface area contributed by atoms with E-state index in [0.717, 1.165) is 83.2 Å². The van der Waals surface area contributed by atoms with Gasteiger partial charge in [-0.2, -0.15) is 0 Å². The molecule has 52 heavy (non-hydrogen) atoms. The van der Waals surface area contributed by atoms with Crippen LogP contribution in [0.4, 0.5) is 5.69 Å². The summed E-state index contributed by atoms with van der Waals surface area (Å²) in [4.78, 5) is 2.07. The summed E-state index contributed by atoms with van der Waals surface area (Å²) >= 11 is 0. The molecule has 0 radical (unpaired) electrons. The molecule has 4 nitrogen and oxygen atoms in total. The fraction of sp³-hybridized carbons (Fsp3) is 0.0833. The highest BCUT2D eigenvalue weighted by molar-refractivity contribution is 6.11. The zero-order valence-electron chi connectivity index (χ0n) is 29.1. The minimum absolute atomic E-state index is 0.0648. The highest BCUT2D eigenvalue weighted by Crippen LogP contribution is 2.48. The van der Waals surface area contributed by atoms with Crippen LogP contribution in [0.5, 0.6) is 17.2 Å². The molecule has 7 aromatic carbocycles. The first-order chi connectivity index (χ1) is 25.5. The molecule has 0 atom stereocenters. The molecule has 0 N–H and O–H groups in total. The van der Waals surface area contributed by atoms with Crippen molar-refractivity contribution in [3.8, 4) is 63.9 Å². The lowest BCUT2D eigenvalue weighted by atomic mass is 9.89. The maximum absolute atomic E-state index is 6.43. The molecule has 8 rings (SSSR count). The lowest BCUT2D eigenvalue weighted by Gasteiger charge is -2.16. The summed E-state index contributed by atoms with van der Waals surface area (Å²) in [5.41, 5.74) is 8.44. The van der Waals surface area contributed by atoms with E-state index in [1.54, 1.807) is 7.11 Å². The van der Waals surface area contributed by atoms with Crippen LogP contribution in [0.3, 0.4) is 0 Å². The van der Waals surface area contributed by atoms with Crippen LogP contribution in [-0.4, -0.2) is 28.0 Å². The number of rotatable bonds is 2. The molecule has 1 aliphatic rings. The van der Waals surface area contributed by atoms with Crippen molar-refractivity contribution in [2.45, 2.75) is 0 Å². The Kier molecular flexibility index (Phi) is 8.69. The Morgan fingerprint density at radius 2 is 1.10 bits per heavy atom. The highest BCUT2D eigenvalue weighted by Gasteiger charge is 2.24. The second kappa shape index (κ2) is 14.0. The topological polar surface area (TPSA) is 30.9 Å². The predicted molar refractivity (Wildman–Crippen MR) is 211 cm³/mol. The van der Waals surface area contributed by atoms with Gasteiger partial charge in [0.15, 0.2) is 0 Å². The third kappa shape index (κ3) is 6.60. The van der Waals surface area contributed by atoms with Gasteiger partial charge in [-0.25, -0.2) is 0 Å². The molecule has 0 fully saturated rings. The highest BCUT2D eigenvalue weighted by atomic mass is 16.7. The third-order valence-corrected chi connectivity index (χ3v) is 9.03. The van der Waals surface area contributed by atoms with Gasteiger partial charge in [-0.05, 0) is 119 Å². The van der Waals surface area contributed by atoms with E-state index in [2.05, 4.69) is 101 Å². The largest absolute Gasteiger partial charge is 0.497 e. The molecule has 0 spiro atoms. The van der Waals surface area contributed by atoms with Crippen molar-refractivity contribution >= 4 is 27.2 Å². The summed E-state index contributed by atoms with van der Waals surface area (Å²) in [6.07, 6.45) is 0. The lowest BCUT2D eigenvalue weighted by Crippen LogP contribution is -2.07. The average molecular weight is 672 g/mol. The van der Waals surface area contributed by atoms with Crippen molar-refractivity contribution in [2.24, 2.45) is 0 Å². The van der Waals surface area contributed by atoms with E-state index in [4.69, 9.17) is 14.2 Å². The second-order valence-electron chi connectivity index (χ2n) is 12.6. The summed E-state index contributed by atoms with van der Waals surface area (Å²) in [6.45, 7) is 0.0648.